The Morgan fingerprint density at radius 3 is 2.78 bits per heavy atom. The predicted octanol–water partition coefficient (Wildman–Crippen LogP) is 3.33. The van der Waals surface area contributed by atoms with Crippen LogP contribution in [0.4, 0.5) is 4.39 Å². The molecule has 0 radical (unpaired) electrons. The Bertz CT molecular complexity index is 344. The van der Waals surface area contributed by atoms with Gasteiger partial charge < -0.3 is 0 Å². The summed E-state index contributed by atoms with van der Waals surface area (Å²) in [5, 5.41) is 0. The van der Waals surface area contributed by atoms with Crippen LogP contribution in [0.15, 0.2) is 18.5 Å². The Morgan fingerprint density at radius 1 is 1.44 bits per heavy atom. The Labute approximate surface area is 109 Å². The summed E-state index contributed by atoms with van der Waals surface area (Å²) in [6.07, 6.45) is 8.41. The van der Waals surface area contributed by atoms with Crippen molar-refractivity contribution in [1.82, 2.24) is 10.4 Å². The van der Waals surface area contributed by atoms with Crippen molar-refractivity contribution in [2.75, 3.05) is 0 Å². The topological polar surface area (TPSA) is 50.9 Å². The van der Waals surface area contributed by atoms with Crippen LogP contribution in [0.2, 0.25) is 0 Å². The maximum Gasteiger partial charge on any atom is 0.146 e. The van der Waals surface area contributed by atoms with Gasteiger partial charge in [-0.15, -0.1) is 0 Å². The molecule has 4 heteroatoms. The summed E-state index contributed by atoms with van der Waals surface area (Å²) in [4.78, 5) is 3.77. The lowest BCUT2D eigenvalue weighted by atomic mass is 9.89. The van der Waals surface area contributed by atoms with E-state index in [0.717, 1.165) is 12.8 Å². The highest BCUT2D eigenvalue weighted by atomic mass is 19.1. The average Bonchev–Trinajstić information content (AvgIpc) is 2.40. The molecule has 1 aromatic rings. The van der Waals surface area contributed by atoms with Crippen molar-refractivity contribution in [3.05, 3.63) is 29.8 Å². The van der Waals surface area contributed by atoms with E-state index in [0.29, 0.717) is 11.5 Å². The molecule has 18 heavy (non-hydrogen) atoms. The number of nitrogens with two attached hydrogens (primary N) is 1. The summed E-state index contributed by atoms with van der Waals surface area (Å²) < 4.78 is 13.7. The van der Waals surface area contributed by atoms with E-state index in [1.165, 1.54) is 25.5 Å². The summed E-state index contributed by atoms with van der Waals surface area (Å²) in [7, 11) is 0. The number of aromatic nitrogens is 1. The zero-order chi connectivity index (χ0) is 13.4. The SMILES string of the molecule is CCCCC(CC)CC(NN)c1ccncc1F. The maximum absolute atomic E-state index is 13.7. The first-order valence-electron chi connectivity index (χ1n) is 6.78. The largest absolute Gasteiger partial charge is 0.271 e. The molecule has 0 fully saturated rings. The quantitative estimate of drug-likeness (QED) is 0.552. The highest BCUT2D eigenvalue weighted by Crippen LogP contribution is 2.27. The van der Waals surface area contributed by atoms with E-state index in [1.807, 2.05) is 0 Å². The monoisotopic (exact) mass is 253 g/mol. The fraction of sp³-hybridized carbons (Fsp3) is 0.643. The van der Waals surface area contributed by atoms with Crippen LogP contribution in [-0.2, 0) is 0 Å². The summed E-state index contributed by atoms with van der Waals surface area (Å²) in [6, 6.07) is 1.57. The van der Waals surface area contributed by atoms with Gasteiger partial charge in [0.1, 0.15) is 5.82 Å². The fourth-order valence-electron chi connectivity index (χ4n) is 2.27. The fourth-order valence-corrected chi connectivity index (χ4v) is 2.27. The van der Waals surface area contributed by atoms with Gasteiger partial charge in [-0.3, -0.25) is 16.3 Å². The Hall–Kier alpha value is -1.00. The molecule has 0 bridgehead atoms. The minimum atomic E-state index is -0.286. The number of hydrogen-bond donors (Lipinski definition) is 2. The maximum atomic E-state index is 13.7. The normalized spacial score (nSPS) is 14.4. The van der Waals surface area contributed by atoms with Crippen LogP contribution in [0.1, 0.15) is 57.6 Å². The summed E-state index contributed by atoms with van der Waals surface area (Å²) in [6.45, 7) is 4.37. The Morgan fingerprint density at radius 2 is 2.22 bits per heavy atom. The molecule has 0 aliphatic rings. The van der Waals surface area contributed by atoms with E-state index < -0.39 is 0 Å². The van der Waals surface area contributed by atoms with Gasteiger partial charge in [-0.2, -0.15) is 0 Å². The van der Waals surface area contributed by atoms with Gasteiger partial charge in [-0.25, -0.2) is 4.39 Å². The van der Waals surface area contributed by atoms with Crippen LogP contribution in [0.3, 0.4) is 0 Å². The van der Waals surface area contributed by atoms with Gasteiger partial charge in [-0.1, -0.05) is 39.5 Å². The molecule has 0 aliphatic heterocycles. The highest BCUT2D eigenvalue weighted by molar-refractivity contribution is 5.17. The molecule has 1 aromatic heterocycles. The van der Waals surface area contributed by atoms with Crippen molar-refractivity contribution >= 4 is 0 Å². The molecule has 0 aliphatic carbocycles. The van der Waals surface area contributed by atoms with Crippen molar-refractivity contribution in [2.24, 2.45) is 11.8 Å². The molecule has 0 saturated carbocycles. The molecule has 0 aromatic carbocycles. The molecule has 0 spiro atoms. The van der Waals surface area contributed by atoms with Gasteiger partial charge in [0.25, 0.3) is 0 Å². The van der Waals surface area contributed by atoms with Crippen molar-refractivity contribution in [3.63, 3.8) is 0 Å². The number of nitrogens with zero attached hydrogens (tertiary/aromatic N) is 1. The third-order valence-electron chi connectivity index (χ3n) is 3.49. The van der Waals surface area contributed by atoms with E-state index in [-0.39, 0.29) is 11.9 Å². The lowest BCUT2D eigenvalue weighted by Gasteiger charge is -2.22. The molecule has 2 atom stereocenters. The van der Waals surface area contributed by atoms with Crippen LogP contribution < -0.4 is 11.3 Å². The molecule has 0 amide bonds. The third-order valence-corrected chi connectivity index (χ3v) is 3.49. The van der Waals surface area contributed by atoms with Crippen LogP contribution in [0.25, 0.3) is 0 Å². The molecule has 0 saturated heterocycles. The number of pyridine rings is 1. The van der Waals surface area contributed by atoms with Gasteiger partial charge in [0.05, 0.1) is 6.20 Å². The van der Waals surface area contributed by atoms with E-state index in [1.54, 1.807) is 12.3 Å². The van der Waals surface area contributed by atoms with Crippen molar-refractivity contribution in [3.8, 4) is 0 Å². The van der Waals surface area contributed by atoms with Gasteiger partial charge >= 0.3 is 0 Å². The van der Waals surface area contributed by atoms with Gasteiger partial charge in [0, 0.05) is 17.8 Å². The molecule has 102 valence electrons. The summed E-state index contributed by atoms with van der Waals surface area (Å²) in [5.41, 5.74) is 3.35. The zero-order valence-corrected chi connectivity index (χ0v) is 11.3. The smallest absolute Gasteiger partial charge is 0.146 e. The van der Waals surface area contributed by atoms with Crippen LogP contribution in [0.5, 0.6) is 0 Å². The third kappa shape index (κ3) is 4.35. The van der Waals surface area contributed by atoms with Gasteiger partial charge in [0.15, 0.2) is 0 Å². The van der Waals surface area contributed by atoms with Crippen molar-refractivity contribution in [2.45, 2.75) is 52.0 Å². The van der Waals surface area contributed by atoms with E-state index in [4.69, 9.17) is 5.84 Å². The molecule has 2 unspecified atom stereocenters. The molecule has 1 heterocycles. The van der Waals surface area contributed by atoms with Gasteiger partial charge in [-0.05, 0) is 18.4 Å². The molecule has 3 nitrogen and oxygen atoms in total. The lowest BCUT2D eigenvalue weighted by molar-refractivity contribution is 0.350. The highest BCUT2D eigenvalue weighted by Gasteiger charge is 2.18. The van der Waals surface area contributed by atoms with Crippen molar-refractivity contribution in [1.29, 1.82) is 0 Å². The molecular weight excluding hydrogens is 229 g/mol. The number of rotatable bonds is 8. The number of halogens is 1. The minimum Gasteiger partial charge on any atom is -0.271 e. The molecule has 1 rings (SSSR count). The molecule has 3 N–H and O–H groups in total. The number of hydrogen-bond acceptors (Lipinski definition) is 3. The first-order chi connectivity index (χ1) is 8.72. The Kier molecular flexibility index (Phi) is 6.83. The number of unbranched alkanes of at least 4 members (excludes halogenated alkanes) is 1. The lowest BCUT2D eigenvalue weighted by Crippen LogP contribution is -2.30. The zero-order valence-electron chi connectivity index (χ0n) is 11.3. The average molecular weight is 253 g/mol. The first kappa shape index (κ1) is 15.1. The predicted molar refractivity (Wildman–Crippen MR) is 72.2 cm³/mol. The van der Waals surface area contributed by atoms with E-state index in [9.17, 15) is 4.39 Å². The Balaban J connectivity index is 2.68. The van der Waals surface area contributed by atoms with E-state index in [2.05, 4.69) is 24.3 Å². The minimum absolute atomic E-state index is 0.130. The van der Waals surface area contributed by atoms with E-state index >= 15 is 0 Å². The summed E-state index contributed by atoms with van der Waals surface area (Å²) >= 11 is 0. The van der Waals surface area contributed by atoms with Crippen LogP contribution >= 0.6 is 0 Å². The number of hydrazine groups is 1. The number of nitrogens with one attached hydrogen (secondary N) is 1. The second kappa shape index (κ2) is 8.16. The van der Waals surface area contributed by atoms with Crippen LogP contribution in [0, 0.1) is 11.7 Å². The standard InChI is InChI=1S/C14H24FN3/c1-3-5-6-11(4-2)9-14(18-16)12-7-8-17-10-13(12)15/h7-8,10-11,14,18H,3-6,9,16H2,1-2H3. The first-order valence-corrected chi connectivity index (χ1v) is 6.78. The second-order valence-electron chi connectivity index (χ2n) is 4.77. The van der Waals surface area contributed by atoms with Gasteiger partial charge in [0.2, 0.25) is 0 Å². The van der Waals surface area contributed by atoms with Crippen molar-refractivity contribution < 1.29 is 4.39 Å². The molecular formula is C14H24FN3. The second-order valence-corrected chi connectivity index (χ2v) is 4.77. The summed E-state index contributed by atoms with van der Waals surface area (Å²) in [5.74, 6) is 5.86. The van der Waals surface area contributed by atoms with Crippen LogP contribution in [-0.4, -0.2) is 4.98 Å².